The molecule has 0 amide bonds. The zero-order chi connectivity index (χ0) is 71.7. The maximum atomic E-state index is 11.8. The molecule has 17 heteroatoms. The van der Waals surface area contributed by atoms with Crippen molar-refractivity contribution in [2.24, 2.45) is 0 Å². The van der Waals surface area contributed by atoms with E-state index in [1.165, 1.54) is 283 Å². The van der Waals surface area contributed by atoms with Gasteiger partial charge in [-0.2, -0.15) is 0 Å². The maximum absolute atomic E-state index is 11.8. The van der Waals surface area contributed by atoms with Gasteiger partial charge in [0.15, 0.2) is 0 Å². The molecule has 0 saturated heterocycles. The molecule has 0 saturated carbocycles. The van der Waals surface area contributed by atoms with E-state index in [2.05, 4.69) is 55.4 Å². The van der Waals surface area contributed by atoms with Gasteiger partial charge in [0.1, 0.15) is 30.4 Å². The Morgan fingerprint density at radius 2 is 0.258 bits per heavy atom. The van der Waals surface area contributed by atoms with Crippen LogP contribution >= 0.6 is 30.4 Å². The normalized spacial score (nSPS) is 13.8. The minimum absolute atomic E-state index is 0. The van der Waals surface area contributed by atoms with Crippen LogP contribution < -0.4 is 19.6 Å². The molecule has 97 heavy (non-hydrogen) atoms. The molecule has 12 nitrogen and oxygen atoms in total. The smallest absolute Gasteiger partial charge is 0.778 e. The van der Waals surface area contributed by atoms with Crippen LogP contribution in [0.4, 0.5) is 0 Å². The Morgan fingerprint density at radius 3 is 0.371 bits per heavy atom. The van der Waals surface area contributed by atoms with Crippen molar-refractivity contribution >= 4 is 30.4 Å². The predicted molar refractivity (Wildman–Crippen MR) is 415 cm³/mol. The first-order valence-corrected chi connectivity index (χ1v) is 49.2. The second-order valence-corrected chi connectivity index (χ2v) is 36.2. The summed E-state index contributed by atoms with van der Waals surface area (Å²) in [6.45, 7) is 19.3. The monoisotopic (exact) mass is 1540 g/mol. The van der Waals surface area contributed by atoms with Gasteiger partial charge < -0.3 is 55.9 Å². The van der Waals surface area contributed by atoms with Gasteiger partial charge >= 0.3 is 21.1 Å². The molecule has 0 heterocycles. The summed E-state index contributed by atoms with van der Waals surface area (Å²) in [4.78, 5) is 47.3. The number of rotatable bonds is 76. The van der Waals surface area contributed by atoms with Crippen LogP contribution in [-0.4, -0.2) is 51.1 Å². The molecule has 4 atom stereocenters. The molecule has 0 aromatic rings. The van der Waals surface area contributed by atoms with Crippen LogP contribution in [0.5, 0.6) is 0 Å². The molecule has 0 bridgehead atoms. The average Bonchev–Trinajstić information content (AvgIpc) is 3.77. The fraction of sp³-hybridized carbons (Fsp3) is 1.00. The van der Waals surface area contributed by atoms with Crippen LogP contribution in [-0.2, 0) is 57.4 Å². The first-order chi connectivity index (χ1) is 46.5. The van der Waals surface area contributed by atoms with Crippen molar-refractivity contribution in [3.05, 3.63) is 0 Å². The zero-order valence-electron chi connectivity index (χ0n) is 66.0. The summed E-state index contributed by atoms with van der Waals surface area (Å²) in [6.07, 6.45) is 77.1. The van der Waals surface area contributed by atoms with Gasteiger partial charge in [-0.15, -0.1) is 0 Å². The van der Waals surface area contributed by atoms with Crippen molar-refractivity contribution in [2.45, 2.75) is 466 Å². The summed E-state index contributed by atoms with van der Waals surface area (Å²) < 4.78 is 67.8. The Bertz CT molecular complexity index is 1420. The zero-order valence-corrected chi connectivity index (χ0v) is 71.6. The predicted octanol–water partition coefficient (Wildman–Crippen LogP) is 27.3. The first kappa shape index (κ1) is 107. The summed E-state index contributed by atoms with van der Waals surface area (Å²) in [6, 6.07) is 0. The minimum atomic E-state index is -3.58. The van der Waals surface area contributed by atoms with Gasteiger partial charge in [-0.25, -0.2) is 0 Å². The molecule has 586 valence electrons. The molecule has 0 aliphatic rings. The fourth-order valence-electron chi connectivity index (χ4n) is 11.8. The molecule has 0 fully saturated rings. The van der Waals surface area contributed by atoms with Crippen LogP contribution in [0.2, 0.25) is 0 Å². The molecule has 0 spiro atoms. The van der Waals surface area contributed by atoms with E-state index in [-0.39, 0.29) is 45.7 Å². The van der Waals surface area contributed by atoms with E-state index < -0.39 is 30.4 Å². The van der Waals surface area contributed by atoms with Gasteiger partial charge in [0.2, 0.25) is 0 Å². The average molecular weight is 1540 g/mol. The Kier molecular flexibility index (Phi) is 96.9. The summed E-state index contributed by atoms with van der Waals surface area (Å²) in [5.74, 6) is 0. The topological polar surface area (TPSA) is 197 Å². The molecular formula is C80H168MoO12P4. The molecule has 4 unspecified atom stereocenters. The summed E-state index contributed by atoms with van der Waals surface area (Å²) in [5.41, 5.74) is 0. The van der Waals surface area contributed by atoms with E-state index in [4.69, 9.17) is 18.1 Å². The van der Waals surface area contributed by atoms with Crippen LogP contribution in [0.15, 0.2) is 0 Å². The number of hydrogen-bond acceptors (Lipinski definition) is 12. The quantitative estimate of drug-likeness (QED) is 0.0318. The van der Waals surface area contributed by atoms with Crippen molar-refractivity contribution < 1.29 is 77.0 Å². The van der Waals surface area contributed by atoms with Gasteiger partial charge in [0.05, 0.1) is 26.4 Å². The van der Waals surface area contributed by atoms with E-state index in [0.29, 0.717) is 26.4 Å². The Balaban J connectivity index is -0.000000386. The van der Waals surface area contributed by atoms with Crippen molar-refractivity contribution in [1.29, 1.82) is 0 Å². The summed E-state index contributed by atoms with van der Waals surface area (Å²) in [5, 5.41) is 0. The minimum Gasteiger partial charge on any atom is -0.778 e. The largest absolute Gasteiger partial charge is 4.00 e. The number of unbranched alkanes of at least 4 members (excludes halogenated alkanes) is 56. The van der Waals surface area contributed by atoms with Gasteiger partial charge in [-0.1, -0.05) is 415 Å². The van der Waals surface area contributed by atoms with Gasteiger partial charge in [-0.05, 0) is 51.4 Å². The molecule has 0 radical (unpaired) electrons. The van der Waals surface area contributed by atoms with E-state index in [1.54, 1.807) is 0 Å². The van der Waals surface area contributed by atoms with Crippen molar-refractivity contribution in [3.8, 4) is 0 Å². The van der Waals surface area contributed by atoms with Crippen LogP contribution in [0.1, 0.15) is 466 Å². The van der Waals surface area contributed by atoms with Crippen molar-refractivity contribution in [2.75, 3.05) is 51.1 Å². The molecule has 0 N–H and O–H groups in total. The standard InChI is InChI=1S/4C20H43O3P.Mo/c4*1-3-5-7-9-11-13-15-17-19-23-24(21,22)20-18-16-14-12-10-8-6-4-2;/h4*3-20H2,1-2H3,(H,21,22);/q;;;;+4/p-4. The van der Waals surface area contributed by atoms with Crippen molar-refractivity contribution in [3.63, 3.8) is 0 Å². The second kappa shape index (κ2) is 87.9. The first-order valence-electron chi connectivity index (χ1n) is 42.3. The third-order valence-electron chi connectivity index (χ3n) is 18.3. The Hall–Kier alpha value is 1.29. The molecule has 0 rings (SSSR count). The van der Waals surface area contributed by atoms with E-state index in [9.17, 15) is 37.8 Å². The van der Waals surface area contributed by atoms with E-state index in [0.717, 1.165) is 128 Å². The molecule has 0 aliphatic carbocycles. The SMILES string of the molecule is CCCCCCCCCCOP(=O)([O-])CCCCCCCCCC.CCCCCCCCCCOP(=O)([O-])CCCCCCCCCC.CCCCCCCCCCOP(=O)([O-])CCCCCCCCCC.CCCCCCCCCCOP(=O)([O-])CCCCCCCCCC.[Mo+4]. The van der Waals surface area contributed by atoms with Crippen LogP contribution in [0, 0.1) is 0 Å². The molecule has 0 aromatic carbocycles. The van der Waals surface area contributed by atoms with E-state index >= 15 is 0 Å². The van der Waals surface area contributed by atoms with Gasteiger partial charge in [-0.3, -0.25) is 0 Å². The molecule has 0 aromatic heterocycles. The van der Waals surface area contributed by atoms with Gasteiger partial charge in [0, 0.05) is 24.6 Å². The number of hydrogen-bond donors (Lipinski definition) is 0. The Morgan fingerprint density at radius 1 is 0.165 bits per heavy atom. The van der Waals surface area contributed by atoms with Crippen LogP contribution in [0.25, 0.3) is 0 Å². The maximum Gasteiger partial charge on any atom is 4.00 e. The summed E-state index contributed by atoms with van der Waals surface area (Å²) in [7, 11) is -14.3. The van der Waals surface area contributed by atoms with Crippen LogP contribution in [0.3, 0.4) is 0 Å². The van der Waals surface area contributed by atoms with E-state index in [1.807, 2.05) is 0 Å². The summed E-state index contributed by atoms with van der Waals surface area (Å²) >= 11 is 0. The molecule has 0 aliphatic heterocycles. The van der Waals surface area contributed by atoms with Crippen molar-refractivity contribution in [1.82, 2.24) is 0 Å². The molecular weight excluding hydrogens is 1370 g/mol. The second-order valence-electron chi connectivity index (χ2n) is 28.5. The van der Waals surface area contributed by atoms with Gasteiger partial charge in [0.25, 0.3) is 0 Å². The third-order valence-corrected chi connectivity index (χ3v) is 24.0. The fourth-order valence-corrected chi connectivity index (χ4v) is 16.4. The third kappa shape index (κ3) is 102. The Labute approximate surface area is 620 Å².